The van der Waals surface area contributed by atoms with Crippen LogP contribution in [0.2, 0.25) is 0 Å². The Labute approximate surface area is 199 Å². The maximum atomic E-state index is 12.9. The summed E-state index contributed by atoms with van der Waals surface area (Å²) < 4.78 is 32.6. The summed E-state index contributed by atoms with van der Waals surface area (Å²) in [6, 6.07) is 21.9. The summed E-state index contributed by atoms with van der Waals surface area (Å²) in [6.45, 7) is 2.49. The molecule has 7 nitrogen and oxygen atoms in total. The van der Waals surface area contributed by atoms with Gasteiger partial charge < -0.3 is 10.1 Å². The molecule has 0 aromatic heterocycles. The Bertz CT molecular complexity index is 1210. The molecule has 0 radical (unpaired) electrons. The van der Waals surface area contributed by atoms with Gasteiger partial charge in [-0.25, -0.2) is 8.42 Å². The zero-order valence-corrected chi connectivity index (χ0v) is 19.9. The van der Waals surface area contributed by atoms with E-state index in [4.69, 9.17) is 17.0 Å². The van der Waals surface area contributed by atoms with E-state index in [9.17, 15) is 13.2 Å². The van der Waals surface area contributed by atoms with Crippen molar-refractivity contribution in [1.82, 2.24) is 5.32 Å². The third kappa shape index (κ3) is 6.09. The predicted molar refractivity (Wildman–Crippen MR) is 134 cm³/mol. The predicted octanol–water partition coefficient (Wildman–Crippen LogP) is 4.43. The molecule has 9 heteroatoms. The van der Waals surface area contributed by atoms with E-state index in [0.717, 1.165) is 6.42 Å². The first-order valence-corrected chi connectivity index (χ1v) is 12.2. The molecule has 0 heterocycles. The molecule has 0 aliphatic heterocycles. The van der Waals surface area contributed by atoms with E-state index < -0.39 is 15.9 Å². The number of hydrogen-bond acceptors (Lipinski definition) is 5. The maximum Gasteiger partial charge on any atom is 0.264 e. The number of benzene rings is 3. The van der Waals surface area contributed by atoms with E-state index in [2.05, 4.69) is 10.6 Å². The Kier molecular flexibility index (Phi) is 8.02. The van der Waals surface area contributed by atoms with Crippen molar-refractivity contribution in [3.63, 3.8) is 0 Å². The van der Waals surface area contributed by atoms with Crippen LogP contribution in [-0.2, 0) is 10.0 Å². The van der Waals surface area contributed by atoms with Crippen molar-refractivity contribution in [2.45, 2.75) is 18.2 Å². The molecular formula is C24H25N3O4S2. The zero-order valence-electron chi connectivity index (χ0n) is 18.3. The lowest BCUT2D eigenvalue weighted by atomic mass is 10.2. The number of ether oxygens (including phenoxy) is 1. The Hall–Kier alpha value is -3.43. The van der Waals surface area contributed by atoms with E-state index in [1.54, 1.807) is 60.7 Å². The molecule has 0 unspecified atom stereocenters. The molecule has 3 aromatic carbocycles. The smallest absolute Gasteiger partial charge is 0.264 e. The number of rotatable bonds is 8. The van der Waals surface area contributed by atoms with Gasteiger partial charge in [0.15, 0.2) is 5.11 Å². The third-order valence-corrected chi connectivity index (χ3v) is 6.71. The first-order valence-electron chi connectivity index (χ1n) is 10.3. The van der Waals surface area contributed by atoms with Crippen LogP contribution in [-0.4, -0.2) is 33.1 Å². The largest absolute Gasteiger partial charge is 0.493 e. The lowest BCUT2D eigenvalue weighted by Crippen LogP contribution is -2.34. The molecule has 172 valence electrons. The number of hydrogen-bond donors (Lipinski definition) is 2. The minimum Gasteiger partial charge on any atom is -0.493 e. The van der Waals surface area contributed by atoms with Crippen LogP contribution in [0.5, 0.6) is 5.75 Å². The highest BCUT2D eigenvalue weighted by molar-refractivity contribution is 7.92. The monoisotopic (exact) mass is 483 g/mol. The summed E-state index contributed by atoms with van der Waals surface area (Å²) in [4.78, 5) is 12.8. The van der Waals surface area contributed by atoms with Crippen molar-refractivity contribution in [1.29, 1.82) is 0 Å². The van der Waals surface area contributed by atoms with Crippen molar-refractivity contribution >= 4 is 44.6 Å². The Morgan fingerprint density at radius 2 is 1.61 bits per heavy atom. The molecule has 0 saturated carbocycles. The summed E-state index contributed by atoms with van der Waals surface area (Å²) in [5.74, 6) is 0.0830. The topological polar surface area (TPSA) is 87.7 Å². The number of nitrogens with zero attached hydrogens (tertiary/aromatic N) is 1. The Morgan fingerprint density at radius 1 is 0.970 bits per heavy atom. The van der Waals surface area contributed by atoms with E-state index >= 15 is 0 Å². The standard InChI is InChI=1S/C24H25N3O4S2/c1-3-17-31-22-12-8-7-11-21(22)23(28)26-24(32)25-18-13-15-20(16-14-18)33(29,30)27(2)19-9-5-4-6-10-19/h4-16H,3,17H2,1-2H3,(H2,25,26,28,32). The molecule has 0 fully saturated rings. The van der Waals surface area contributed by atoms with Crippen LogP contribution in [0.25, 0.3) is 0 Å². The molecule has 3 aromatic rings. The fourth-order valence-corrected chi connectivity index (χ4v) is 4.38. The lowest BCUT2D eigenvalue weighted by Gasteiger charge is -2.19. The number of para-hydroxylation sites is 2. The number of amides is 1. The molecule has 0 aliphatic rings. The van der Waals surface area contributed by atoms with Crippen LogP contribution >= 0.6 is 12.2 Å². The minimum absolute atomic E-state index is 0.0855. The van der Waals surface area contributed by atoms with Gasteiger partial charge in [-0.2, -0.15) is 0 Å². The quantitative estimate of drug-likeness (QED) is 0.461. The van der Waals surface area contributed by atoms with Crippen LogP contribution in [0.1, 0.15) is 23.7 Å². The van der Waals surface area contributed by atoms with E-state index in [1.165, 1.54) is 23.5 Å². The average Bonchev–Trinajstić information content (AvgIpc) is 2.83. The Morgan fingerprint density at radius 3 is 2.27 bits per heavy atom. The fraction of sp³-hybridized carbons (Fsp3) is 0.167. The minimum atomic E-state index is -3.72. The summed E-state index contributed by atoms with van der Waals surface area (Å²) in [5.41, 5.74) is 1.48. The number of nitrogens with one attached hydrogen (secondary N) is 2. The van der Waals surface area contributed by atoms with Crippen LogP contribution in [0.3, 0.4) is 0 Å². The van der Waals surface area contributed by atoms with Gasteiger partial charge in [0.2, 0.25) is 0 Å². The second-order valence-electron chi connectivity index (χ2n) is 7.09. The molecule has 33 heavy (non-hydrogen) atoms. The fourth-order valence-electron chi connectivity index (χ4n) is 2.97. The highest BCUT2D eigenvalue weighted by atomic mass is 32.2. The van der Waals surface area contributed by atoms with E-state index in [0.29, 0.717) is 29.3 Å². The molecule has 1 amide bonds. The zero-order chi connectivity index (χ0) is 23.8. The van der Waals surface area contributed by atoms with Gasteiger partial charge >= 0.3 is 0 Å². The van der Waals surface area contributed by atoms with Crippen molar-refractivity contribution in [2.75, 3.05) is 23.3 Å². The van der Waals surface area contributed by atoms with Gasteiger partial charge in [0.1, 0.15) is 5.75 Å². The van der Waals surface area contributed by atoms with E-state index in [1.807, 2.05) is 13.0 Å². The number of anilines is 2. The van der Waals surface area contributed by atoms with Crippen LogP contribution in [0.15, 0.2) is 83.8 Å². The van der Waals surface area contributed by atoms with Gasteiger partial charge in [0, 0.05) is 12.7 Å². The molecule has 3 rings (SSSR count). The molecule has 0 aliphatic carbocycles. The number of carbonyl (C=O) groups excluding carboxylic acids is 1. The number of carbonyl (C=O) groups is 1. The normalized spacial score (nSPS) is 10.8. The molecule has 0 atom stereocenters. The SMILES string of the molecule is CCCOc1ccccc1C(=O)NC(=S)Nc1ccc(S(=O)(=O)N(C)c2ccccc2)cc1. The summed E-state index contributed by atoms with van der Waals surface area (Å²) in [5, 5.41) is 5.60. The third-order valence-electron chi connectivity index (χ3n) is 4.71. The first-order chi connectivity index (χ1) is 15.8. The van der Waals surface area contributed by atoms with Gasteiger partial charge in [-0.15, -0.1) is 0 Å². The van der Waals surface area contributed by atoms with Gasteiger partial charge in [0.25, 0.3) is 15.9 Å². The number of thiocarbonyl (C=S) groups is 1. The van der Waals surface area contributed by atoms with Gasteiger partial charge in [-0.1, -0.05) is 37.3 Å². The molecule has 0 spiro atoms. The van der Waals surface area contributed by atoms with Crippen LogP contribution in [0, 0.1) is 0 Å². The average molecular weight is 484 g/mol. The summed E-state index contributed by atoms with van der Waals surface area (Å²) in [7, 11) is -2.21. The lowest BCUT2D eigenvalue weighted by molar-refractivity contribution is 0.0973. The highest BCUT2D eigenvalue weighted by Crippen LogP contribution is 2.23. The highest BCUT2D eigenvalue weighted by Gasteiger charge is 2.21. The molecule has 0 saturated heterocycles. The molecule has 2 N–H and O–H groups in total. The molecular weight excluding hydrogens is 458 g/mol. The van der Waals surface area contributed by atoms with E-state index in [-0.39, 0.29) is 10.0 Å². The second kappa shape index (κ2) is 10.9. The van der Waals surface area contributed by atoms with Gasteiger partial charge in [-0.05, 0) is 67.2 Å². The van der Waals surface area contributed by atoms with Gasteiger partial charge in [-0.3, -0.25) is 14.4 Å². The van der Waals surface area contributed by atoms with Crippen molar-refractivity contribution in [2.24, 2.45) is 0 Å². The van der Waals surface area contributed by atoms with Crippen molar-refractivity contribution in [3.05, 3.63) is 84.4 Å². The van der Waals surface area contributed by atoms with Crippen LogP contribution in [0.4, 0.5) is 11.4 Å². The van der Waals surface area contributed by atoms with Crippen LogP contribution < -0.4 is 19.7 Å². The summed E-state index contributed by atoms with van der Waals surface area (Å²) in [6.07, 6.45) is 0.822. The Balaban J connectivity index is 1.65. The first kappa shape index (κ1) is 24.2. The number of sulfonamides is 1. The van der Waals surface area contributed by atoms with Gasteiger partial charge in [0.05, 0.1) is 22.8 Å². The summed E-state index contributed by atoms with van der Waals surface area (Å²) >= 11 is 5.24. The van der Waals surface area contributed by atoms with Crippen molar-refractivity contribution in [3.8, 4) is 5.75 Å². The maximum absolute atomic E-state index is 12.9. The molecule has 0 bridgehead atoms. The van der Waals surface area contributed by atoms with Crippen molar-refractivity contribution < 1.29 is 17.9 Å². The second-order valence-corrected chi connectivity index (χ2v) is 9.46.